The van der Waals surface area contributed by atoms with E-state index in [0.29, 0.717) is 12.2 Å². The average Bonchev–Trinajstić information content (AvgIpc) is 2.72. The molecule has 5 nitrogen and oxygen atoms in total. The maximum atomic E-state index is 12.3. The Morgan fingerprint density at radius 2 is 1.75 bits per heavy atom. The van der Waals surface area contributed by atoms with Crippen LogP contribution in [-0.2, 0) is 20.9 Å². The number of amides is 1. The number of esters is 1. The lowest BCUT2D eigenvalue weighted by Gasteiger charge is -2.16. The molecule has 1 atom stereocenters. The molecule has 0 bridgehead atoms. The number of hydrogen-bond donors (Lipinski definition) is 1. The van der Waals surface area contributed by atoms with Crippen LogP contribution in [0, 0.1) is 0 Å². The third-order valence-corrected chi connectivity index (χ3v) is 4.48. The van der Waals surface area contributed by atoms with E-state index in [0.717, 1.165) is 21.9 Å². The van der Waals surface area contributed by atoms with E-state index in [1.54, 1.807) is 25.3 Å². The van der Waals surface area contributed by atoms with Gasteiger partial charge in [-0.25, -0.2) is 4.79 Å². The summed E-state index contributed by atoms with van der Waals surface area (Å²) in [6, 6.07) is 20.8. The zero-order valence-corrected chi connectivity index (χ0v) is 16.0. The Hall–Kier alpha value is -3.18. The molecule has 3 rings (SSSR count). The van der Waals surface area contributed by atoms with E-state index in [2.05, 4.69) is 5.32 Å². The van der Waals surface area contributed by atoms with Crippen LogP contribution in [0.15, 0.2) is 66.7 Å². The van der Waals surface area contributed by atoms with Crippen molar-refractivity contribution in [2.75, 3.05) is 13.7 Å². The van der Waals surface area contributed by atoms with Gasteiger partial charge in [-0.2, -0.15) is 0 Å². The van der Waals surface area contributed by atoms with Crippen molar-refractivity contribution in [2.45, 2.75) is 19.6 Å². The van der Waals surface area contributed by atoms with Crippen LogP contribution in [0.25, 0.3) is 10.8 Å². The maximum absolute atomic E-state index is 12.3. The summed E-state index contributed by atoms with van der Waals surface area (Å²) in [6.07, 6.45) is 0. The van der Waals surface area contributed by atoms with E-state index in [4.69, 9.17) is 9.47 Å². The SMILES string of the molecule is COCc1cccc(C(=O)OCC(=O)N[C@H](C)c2cccc3ccccc23)c1. The molecule has 0 spiro atoms. The van der Waals surface area contributed by atoms with Crippen LogP contribution >= 0.6 is 0 Å². The number of benzene rings is 3. The molecule has 0 aromatic heterocycles. The number of ether oxygens (including phenoxy) is 2. The molecule has 0 unspecified atom stereocenters. The molecule has 0 saturated heterocycles. The van der Waals surface area contributed by atoms with Crippen molar-refractivity contribution < 1.29 is 19.1 Å². The Bertz CT molecular complexity index is 978. The first-order valence-electron chi connectivity index (χ1n) is 9.10. The fourth-order valence-electron chi connectivity index (χ4n) is 3.16. The standard InChI is InChI=1S/C23H23NO4/c1-16(20-12-6-9-18-8-3-4-11-21(18)20)24-22(25)15-28-23(26)19-10-5-7-17(13-19)14-27-2/h3-13,16H,14-15H2,1-2H3,(H,24,25)/t16-/m1/s1. The summed E-state index contributed by atoms with van der Waals surface area (Å²) in [6.45, 7) is 1.99. The maximum Gasteiger partial charge on any atom is 0.338 e. The first kappa shape index (κ1) is 19.6. The minimum Gasteiger partial charge on any atom is -0.452 e. The Morgan fingerprint density at radius 3 is 2.57 bits per heavy atom. The number of methoxy groups -OCH3 is 1. The smallest absolute Gasteiger partial charge is 0.338 e. The number of carbonyl (C=O) groups excluding carboxylic acids is 2. The van der Waals surface area contributed by atoms with Gasteiger partial charge in [0, 0.05) is 7.11 Å². The first-order chi connectivity index (χ1) is 13.6. The third-order valence-electron chi connectivity index (χ3n) is 4.48. The number of fused-ring (bicyclic) bond motifs is 1. The predicted octanol–water partition coefficient (Wildman–Crippen LogP) is 4.02. The monoisotopic (exact) mass is 377 g/mol. The summed E-state index contributed by atoms with van der Waals surface area (Å²) in [5.41, 5.74) is 2.28. The molecule has 5 heteroatoms. The first-order valence-corrected chi connectivity index (χ1v) is 9.10. The van der Waals surface area contributed by atoms with Gasteiger partial charge in [0.2, 0.25) is 0 Å². The predicted molar refractivity (Wildman–Crippen MR) is 108 cm³/mol. The highest BCUT2D eigenvalue weighted by Crippen LogP contribution is 2.23. The molecule has 0 saturated carbocycles. The van der Waals surface area contributed by atoms with E-state index in [-0.39, 0.29) is 18.6 Å². The third kappa shape index (κ3) is 4.75. The van der Waals surface area contributed by atoms with Crippen molar-refractivity contribution in [1.82, 2.24) is 5.32 Å². The molecule has 3 aromatic carbocycles. The molecule has 28 heavy (non-hydrogen) atoms. The highest BCUT2D eigenvalue weighted by atomic mass is 16.5. The van der Waals surface area contributed by atoms with Gasteiger partial charge in [-0.15, -0.1) is 0 Å². The van der Waals surface area contributed by atoms with Crippen LogP contribution in [0.1, 0.15) is 34.5 Å². The second-order valence-corrected chi connectivity index (χ2v) is 6.57. The van der Waals surface area contributed by atoms with E-state index < -0.39 is 5.97 Å². The fourth-order valence-corrected chi connectivity index (χ4v) is 3.16. The second kappa shape index (κ2) is 9.15. The Kier molecular flexibility index (Phi) is 6.40. The van der Waals surface area contributed by atoms with Crippen LogP contribution in [-0.4, -0.2) is 25.6 Å². The van der Waals surface area contributed by atoms with E-state index in [9.17, 15) is 9.59 Å². The van der Waals surface area contributed by atoms with Crippen molar-refractivity contribution in [3.63, 3.8) is 0 Å². The van der Waals surface area contributed by atoms with Gasteiger partial charge in [0.05, 0.1) is 18.2 Å². The Labute approximate surface area is 164 Å². The van der Waals surface area contributed by atoms with Crippen molar-refractivity contribution in [3.8, 4) is 0 Å². The van der Waals surface area contributed by atoms with Gasteiger partial charge in [-0.3, -0.25) is 4.79 Å². The zero-order chi connectivity index (χ0) is 19.9. The van der Waals surface area contributed by atoms with Gasteiger partial charge in [0.25, 0.3) is 5.91 Å². The van der Waals surface area contributed by atoms with Gasteiger partial charge < -0.3 is 14.8 Å². The lowest BCUT2D eigenvalue weighted by atomic mass is 10.00. The van der Waals surface area contributed by atoms with E-state index in [1.807, 2.05) is 55.5 Å². The summed E-state index contributed by atoms with van der Waals surface area (Å²) in [5, 5.41) is 5.09. The van der Waals surface area contributed by atoms with Crippen LogP contribution in [0.5, 0.6) is 0 Å². The summed E-state index contributed by atoms with van der Waals surface area (Å²) >= 11 is 0. The number of carbonyl (C=O) groups is 2. The van der Waals surface area contributed by atoms with Crippen molar-refractivity contribution in [1.29, 1.82) is 0 Å². The molecule has 0 fully saturated rings. The number of rotatable bonds is 7. The molecule has 0 heterocycles. The largest absolute Gasteiger partial charge is 0.452 e. The van der Waals surface area contributed by atoms with Crippen molar-refractivity contribution in [2.24, 2.45) is 0 Å². The lowest BCUT2D eigenvalue weighted by molar-refractivity contribution is -0.124. The summed E-state index contributed by atoms with van der Waals surface area (Å²) in [5.74, 6) is -0.882. The summed E-state index contributed by atoms with van der Waals surface area (Å²) < 4.78 is 10.2. The van der Waals surface area contributed by atoms with Gasteiger partial charge in [0.1, 0.15) is 0 Å². The molecule has 0 radical (unpaired) electrons. The lowest BCUT2D eigenvalue weighted by Crippen LogP contribution is -2.31. The molecule has 1 amide bonds. The molecular formula is C23H23NO4. The molecule has 0 aliphatic heterocycles. The van der Waals surface area contributed by atoms with Gasteiger partial charge in [-0.05, 0) is 41.0 Å². The Morgan fingerprint density at radius 1 is 1.00 bits per heavy atom. The highest BCUT2D eigenvalue weighted by molar-refractivity contribution is 5.92. The summed E-state index contributed by atoms with van der Waals surface area (Å²) in [7, 11) is 1.59. The minimum absolute atomic E-state index is 0.206. The van der Waals surface area contributed by atoms with Crippen LogP contribution in [0.2, 0.25) is 0 Å². The molecule has 1 N–H and O–H groups in total. The van der Waals surface area contributed by atoms with Crippen LogP contribution in [0.3, 0.4) is 0 Å². The van der Waals surface area contributed by atoms with E-state index >= 15 is 0 Å². The number of nitrogens with one attached hydrogen (secondary N) is 1. The molecule has 3 aromatic rings. The van der Waals surface area contributed by atoms with Crippen LogP contribution in [0.4, 0.5) is 0 Å². The van der Waals surface area contributed by atoms with Crippen molar-refractivity contribution >= 4 is 22.6 Å². The Balaban J connectivity index is 1.59. The number of hydrogen-bond acceptors (Lipinski definition) is 4. The average molecular weight is 377 g/mol. The molecule has 144 valence electrons. The normalized spacial score (nSPS) is 11.8. The van der Waals surface area contributed by atoms with Gasteiger partial charge >= 0.3 is 5.97 Å². The molecule has 0 aliphatic rings. The molecular weight excluding hydrogens is 354 g/mol. The van der Waals surface area contributed by atoms with Gasteiger partial charge in [0.15, 0.2) is 6.61 Å². The molecule has 0 aliphatic carbocycles. The zero-order valence-electron chi connectivity index (χ0n) is 16.0. The van der Waals surface area contributed by atoms with Crippen molar-refractivity contribution in [3.05, 3.63) is 83.4 Å². The quantitative estimate of drug-likeness (QED) is 0.632. The fraction of sp³-hybridized carbons (Fsp3) is 0.217. The van der Waals surface area contributed by atoms with Crippen LogP contribution < -0.4 is 5.32 Å². The van der Waals surface area contributed by atoms with Gasteiger partial charge in [-0.1, -0.05) is 54.6 Å². The topological polar surface area (TPSA) is 64.6 Å². The summed E-state index contributed by atoms with van der Waals surface area (Å²) in [4.78, 5) is 24.5. The van der Waals surface area contributed by atoms with E-state index in [1.165, 1.54) is 0 Å². The highest BCUT2D eigenvalue weighted by Gasteiger charge is 2.15. The second-order valence-electron chi connectivity index (χ2n) is 6.57. The minimum atomic E-state index is -0.536.